The third-order valence-electron chi connectivity index (χ3n) is 3.40. The molecule has 0 aliphatic heterocycles. The molecule has 1 aromatic carbocycles. The van der Waals surface area contributed by atoms with Gasteiger partial charge in [-0.2, -0.15) is 0 Å². The van der Waals surface area contributed by atoms with Gasteiger partial charge >= 0.3 is 0 Å². The van der Waals surface area contributed by atoms with Crippen LogP contribution in [0.3, 0.4) is 0 Å². The van der Waals surface area contributed by atoms with E-state index in [1.54, 1.807) is 44.5 Å². The van der Waals surface area contributed by atoms with Gasteiger partial charge in [-0.05, 0) is 24.1 Å². The number of nitrogens with zero attached hydrogens (tertiary/aromatic N) is 1. The van der Waals surface area contributed by atoms with Crippen molar-refractivity contribution in [2.24, 2.45) is 0 Å². The molecule has 2 aromatic rings. The van der Waals surface area contributed by atoms with E-state index >= 15 is 0 Å². The molecule has 1 atom stereocenters. The number of methoxy groups -OCH3 is 1. The van der Waals surface area contributed by atoms with E-state index in [9.17, 15) is 9.90 Å². The van der Waals surface area contributed by atoms with Gasteiger partial charge in [-0.25, -0.2) is 4.98 Å². The fourth-order valence-corrected chi connectivity index (χ4v) is 2.15. The summed E-state index contributed by atoms with van der Waals surface area (Å²) >= 11 is 0. The highest BCUT2D eigenvalue weighted by Gasteiger charge is 2.26. The molecule has 5 heteroatoms. The van der Waals surface area contributed by atoms with E-state index in [2.05, 4.69) is 10.3 Å². The number of aliphatic hydroxyl groups is 1. The smallest absolute Gasteiger partial charge is 0.223 e. The Balaban J connectivity index is 1.92. The van der Waals surface area contributed by atoms with Gasteiger partial charge in [-0.1, -0.05) is 30.3 Å². The zero-order valence-corrected chi connectivity index (χ0v) is 12.7. The Hall–Kier alpha value is -2.40. The van der Waals surface area contributed by atoms with Crippen LogP contribution in [0.2, 0.25) is 0 Å². The quantitative estimate of drug-likeness (QED) is 0.856. The molecular weight excluding hydrogens is 280 g/mol. The van der Waals surface area contributed by atoms with Gasteiger partial charge in [0.15, 0.2) is 0 Å². The first kappa shape index (κ1) is 16.0. The van der Waals surface area contributed by atoms with Crippen LogP contribution in [0.1, 0.15) is 24.5 Å². The molecule has 1 aromatic heterocycles. The predicted octanol–water partition coefficient (Wildman–Crippen LogP) is 2.00. The fraction of sp³-hybridized carbons (Fsp3) is 0.294. The van der Waals surface area contributed by atoms with Crippen molar-refractivity contribution in [1.82, 2.24) is 10.3 Å². The highest BCUT2D eigenvalue weighted by Crippen LogP contribution is 2.23. The molecule has 0 bridgehead atoms. The lowest BCUT2D eigenvalue weighted by Gasteiger charge is -2.23. The SMILES string of the molecule is COc1cc(CNC(=O)CC(C)(O)c2ccccc2)ccn1. The number of pyridine rings is 1. The fourth-order valence-electron chi connectivity index (χ4n) is 2.15. The maximum Gasteiger partial charge on any atom is 0.223 e. The first-order valence-corrected chi connectivity index (χ1v) is 7.05. The molecule has 1 heterocycles. The molecule has 0 spiro atoms. The van der Waals surface area contributed by atoms with Crippen molar-refractivity contribution in [3.05, 3.63) is 59.8 Å². The number of carbonyl (C=O) groups excluding carboxylic acids is 1. The summed E-state index contributed by atoms with van der Waals surface area (Å²) in [5.74, 6) is 0.285. The van der Waals surface area contributed by atoms with Crippen molar-refractivity contribution in [2.45, 2.75) is 25.5 Å². The minimum Gasteiger partial charge on any atom is -0.481 e. The van der Waals surface area contributed by atoms with E-state index in [1.807, 2.05) is 18.2 Å². The van der Waals surface area contributed by atoms with Gasteiger partial charge in [0.2, 0.25) is 11.8 Å². The third kappa shape index (κ3) is 4.30. The van der Waals surface area contributed by atoms with Gasteiger partial charge in [0.05, 0.1) is 19.1 Å². The molecule has 116 valence electrons. The normalized spacial score (nSPS) is 13.2. The van der Waals surface area contributed by atoms with Crippen LogP contribution in [0.15, 0.2) is 48.7 Å². The number of hydrogen-bond donors (Lipinski definition) is 2. The summed E-state index contributed by atoms with van der Waals surface area (Å²) in [6, 6.07) is 12.7. The zero-order valence-electron chi connectivity index (χ0n) is 12.7. The van der Waals surface area contributed by atoms with Crippen LogP contribution in [0.5, 0.6) is 5.88 Å². The second kappa shape index (κ2) is 7.04. The Labute approximate surface area is 130 Å². The van der Waals surface area contributed by atoms with Gasteiger partial charge in [-0.15, -0.1) is 0 Å². The molecule has 0 fully saturated rings. The van der Waals surface area contributed by atoms with Crippen LogP contribution < -0.4 is 10.1 Å². The molecule has 1 amide bonds. The van der Waals surface area contributed by atoms with E-state index in [4.69, 9.17) is 4.74 Å². The van der Waals surface area contributed by atoms with Gasteiger partial charge < -0.3 is 15.2 Å². The molecule has 0 radical (unpaired) electrons. The lowest BCUT2D eigenvalue weighted by molar-refractivity contribution is -0.126. The Morgan fingerprint density at radius 1 is 1.32 bits per heavy atom. The highest BCUT2D eigenvalue weighted by molar-refractivity contribution is 5.77. The number of hydrogen-bond acceptors (Lipinski definition) is 4. The Morgan fingerprint density at radius 2 is 2.05 bits per heavy atom. The summed E-state index contributed by atoms with van der Waals surface area (Å²) in [5.41, 5.74) is 0.414. The second-order valence-corrected chi connectivity index (χ2v) is 5.30. The van der Waals surface area contributed by atoms with Crippen molar-refractivity contribution < 1.29 is 14.6 Å². The van der Waals surface area contributed by atoms with Crippen LogP contribution in [-0.4, -0.2) is 23.1 Å². The Bertz CT molecular complexity index is 627. The number of amides is 1. The molecule has 5 nitrogen and oxygen atoms in total. The van der Waals surface area contributed by atoms with Gasteiger partial charge in [0.25, 0.3) is 0 Å². The lowest BCUT2D eigenvalue weighted by Crippen LogP contribution is -2.32. The van der Waals surface area contributed by atoms with Crippen molar-refractivity contribution in [2.75, 3.05) is 7.11 Å². The number of carbonyl (C=O) groups is 1. The molecule has 0 aliphatic carbocycles. The number of ether oxygens (including phenoxy) is 1. The molecule has 2 N–H and O–H groups in total. The minimum absolute atomic E-state index is 0.000762. The average Bonchev–Trinajstić information content (AvgIpc) is 2.53. The largest absolute Gasteiger partial charge is 0.481 e. The molecule has 22 heavy (non-hydrogen) atoms. The molecule has 0 aliphatic rings. The number of rotatable bonds is 6. The zero-order chi connectivity index (χ0) is 16.0. The molecule has 0 saturated carbocycles. The van der Waals surface area contributed by atoms with Crippen molar-refractivity contribution in [3.63, 3.8) is 0 Å². The number of nitrogens with one attached hydrogen (secondary N) is 1. The van der Waals surface area contributed by atoms with Gasteiger partial charge in [-0.3, -0.25) is 4.79 Å². The van der Waals surface area contributed by atoms with Crippen molar-refractivity contribution in [1.29, 1.82) is 0 Å². The van der Waals surface area contributed by atoms with E-state index in [0.29, 0.717) is 12.4 Å². The molecular formula is C17H20N2O3. The summed E-state index contributed by atoms with van der Waals surface area (Å²) < 4.78 is 5.04. The molecule has 0 saturated heterocycles. The van der Waals surface area contributed by atoms with Crippen LogP contribution in [-0.2, 0) is 16.9 Å². The standard InChI is InChI=1S/C17H20N2O3/c1-17(21,14-6-4-3-5-7-14)11-15(20)19-12-13-8-9-18-16(10-13)22-2/h3-10,21H,11-12H2,1-2H3,(H,19,20). The summed E-state index contributed by atoms with van der Waals surface area (Å²) in [5, 5.41) is 13.2. The first-order valence-electron chi connectivity index (χ1n) is 7.05. The van der Waals surface area contributed by atoms with Gasteiger partial charge in [0, 0.05) is 18.8 Å². The monoisotopic (exact) mass is 300 g/mol. The predicted molar refractivity (Wildman–Crippen MR) is 83.3 cm³/mol. The average molecular weight is 300 g/mol. The number of aromatic nitrogens is 1. The Kier molecular flexibility index (Phi) is 5.12. The summed E-state index contributed by atoms with van der Waals surface area (Å²) in [7, 11) is 1.54. The van der Waals surface area contributed by atoms with Crippen LogP contribution in [0.4, 0.5) is 0 Å². The third-order valence-corrected chi connectivity index (χ3v) is 3.40. The minimum atomic E-state index is -1.19. The topological polar surface area (TPSA) is 71.5 Å². The van der Waals surface area contributed by atoms with Crippen LogP contribution in [0.25, 0.3) is 0 Å². The number of benzene rings is 1. The van der Waals surface area contributed by atoms with Crippen molar-refractivity contribution in [3.8, 4) is 5.88 Å². The molecule has 2 rings (SSSR count). The second-order valence-electron chi connectivity index (χ2n) is 5.30. The Morgan fingerprint density at radius 3 is 2.73 bits per heavy atom. The van der Waals surface area contributed by atoms with Crippen LogP contribution in [0, 0.1) is 0 Å². The summed E-state index contributed by atoms with van der Waals surface area (Å²) in [6.45, 7) is 2.00. The first-order chi connectivity index (χ1) is 10.5. The maximum atomic E-state index is 12.0. The van der Waals surface area contributed by atoms with Crippen molar-refractivity contribution >= 4 is 5.91 Å². The van der Waals surface area contributed by atoms with E-state index in [1.165, 1.54) is 0 Å². The van der Waals surface area contributed by atoms with E-state index < -0.39 is 5.60 Å². The maximum absolute atomic E-state index is 12.0. The molecule has 1 unspecified atom stereocenters. The van der Waals surface area contributed by atoms with E-state index in [-0.39, 0.29) is 12.3 Å². The van der Waals surface area contributed by atoms with Crippen LogP contribution >= 0.6 is 0 Å². The lowest BCUT2D eigenvalue weighted by atomic mass is 9.92. The summed E-state index contributed by atoms with van der Waals surface area (Å²) in [4.78, 5) is 16.1. The van der Waals surface area contributed by atoms with Gasteiger partial charge in [0.1, 0.15) is 0 Å². The summed E-state index contributed by atoms with van der Waals surface area (Å²) in [6.07, 6.45) is 1.62. The van der Waals surface area contributed by atoms with E-state index in [0.717, 1.165) is 11.1 Å². The highest BCUT2D eigenvalue weighted by atomic mass is 16.5.